The molecule has 0 aliphatic rings. The number of hydrogen-bond acceptors (Lipinski definition) is 4. The van der Waals surface area contributed by atoms with E-state index >= 15 is 0 Å². The lowest BCUT2D eigenvalue weighted by atomic mass is 9.89. The van der Waals surface area contributed by atoms with Crippen molar-refractivity contribution in [3.05, 3.63) is 76.6 Å². The first-order valence-electron chi connectivity index (χ1n) is 11.6. The number of carbonyl (C=O) groups is 2. The van der Waals surface area contributed by atoms with Gasteiger partial charge in [0.15, 0.2) is 5.78 Å². The molecule has 5 nitrogen and oxygen atoms in total. The second-order valence-corrected chi connectivity index (χ2v) is 8.52. The average molecular weight is 475 g/mol. The molecule has 0 amide bonds. The van der Waals surface area contributed by atoms with Crippen LogP contribution in [0.1, 0.15) is 58.5 Å². The van der Waals surface area contributed by atoms with Crippen molar-refractivity contribution in [3.63, 3.8) is 0 Å². The molecule has 0 saturated heterocycles. The summed E-state index contributed by atoms with van der Waals surface area (Å²) >= 11 is 0. The lowest BCUT2D eigenvalue weighted by molar-refractivity contribution is 0.0693. The van der Waals surface area contributed by atoms with E-state index in [1.165, 1.54) is 19.2 Å². The van der Waals surface area contributed by atoms with Gasteiger partial charge >= 0.3 is 5.97 Å². The van der Waals surface area contributed by atoms with Gasteiger partial charge in [-0.1, -0.05) is 20.3 Å². The predicted molar refractivity (Wildman–Crippen MR) is 134 cm³/mol. The largest absolute Gasteiger partial charge is 0.496 e. The van der Waals surface area contributed by atoms with Crippen LogP contribution < -0.4 is 4.74 Å². The van der Waals surface area contributed by atoms with Crippen molar-refractivity contribution < 1.29 is 28.2 Å². The van der Waals surface area contributed by atoms with Gasteiger partial charge in [-0.05, 0) is 84.1 Å². The number of rotatable bonds is 8. The van der Waals surface area contributed by atoms with Gasteiger partial charge in [0.1, 0.15) is 28.5 Å². The number of ether oxygens (including phenoxy) is 1. The lowest BCUT2D eigenvalue weighted by Crippen LogP contribution is -2.03. The van der Waals surface area contributed by atoms with Crippen LogP contribution in [0, 0.1) is 12.7 Å². The van der Waals surface area contributed by atoms with Gasteiger partial charge in [0.05, 0.1) is 12.7 Å². The topological polar surface area (TPSA) is 76.7 Å². The maximum absolute atomic E-state index is 13.5. The van der Waals surface area contributed by atoms with Gasteiger partial charge in [-0.2, -0.15) is 0 Å². The van der Waals surface area contributed by atoms with Gasteiger partial charge in [0.2, 0.25) is 0 Å². The summed E-state index contributed by atoms with van der Waals surface area (Å²) in [5.74, 6) is -0.838. The van der Waals surface area contributed by atoms with Gasteiger partial charge < -0.3 is 14.3 Å². The molecule has 35 heavy (non-hydrogen) atoms. The van der Waals surface area contributed by atoms with Crippen LogP contribution in [0.25, 0.3) is 33.4 Å². The van der Waals surface area contributed by atoms with Crippen molar-refractivity contribution in [1.82, 2.24) is 0 Å². The summed E-state index contributed by atoms with van der Waals surface area (Å²) in [5, 5.41) is 10.4. The van der Waals surface area contributed by atoms with Crippen molar-refractivity contribution in [3.8, 4) is 28.2 Å². The predicted octanol–water partition coefficient (Wildman–Crippen LogP) is 7.47. The minimum atomic E-state index is -1.08. The molecule has 0 aliphatic carbocycles. The number of ketones is 1. The van der Waals surface area contributed by atoms with Crippen LogP contribution in [0.5, 0.6) is 5.75 Å². The maximum atomic E-state index is 13.5. The third-order valence-electron chi connectivity index (χ3n) is 6.21. The van der Waals surface area contributed by atoms with E-state index in [0.717, 1.165) is 35.1 Å². The Kier molecular flexibility index (Phi) is 6.74. The van der Waals surface area contributed by atoms with Crippen LogP contribution in [0.3, 0.4) is 0 Å². The minimum absolute atomic E-state index is 0.0692. The maximum Gasteiger partial charge on any atom is 0.339 e. The highest BCUT2D eigenvalue weighted by molar-refractivity contribution is 6.13. The number of halogens is 1. The molecule has 0 radical (unpaired) electrons. The molecule has 4 aromatic rings. The number of carbonyl (C=O) groups excluding carboxylic acids is 1. The van der Waals surface area contributed by atoms with E-state index in [9.17, 15) is 19.1 Å². The first-order valence-corrected chi connectivity index (χ1v) is 11.6. The van der Waals surface area contributed by atoms with Crippen LogP contribution in [0.4, 0.5) is 4.39 Å². The van der Waals surface area contributed by atoms with Crippen LogP contribution in [-0.4, -0.2) is 24.0 Å². The molecule has 0 aliphatic heterocycles. The average Bonchev–Trinajstić information content (AvgIpc) is 3.21. The number of Topliss-reactive ketones (excluding diaryl/α,β-unsaturated/α-hetero) is 1. The summed E-state index contributed by atoms with van der Waals surface area (Å²) in [5.41, 5.74) is 5.15. The van der Waals surface area contributed by atoms with Crippen molar-refractivity contribution in [2.75, 3.05) is 7.11 Å². The normalized spacial score (nSPS) is 11.1. The van der Waals surface area contributed by atoms with Crippen molar-refractivity contribution in [2.45, 2.75) is 40.0 Å². The first-order chi connectivity index (χ1) is 16.8. The number of hydrogen-bond donors (Lipinski definition) is 1. The van der Waals surface area contributed by atoms with Crippen molar-refractivity contribution >= 4 is 22.7 Å². The summed E-state index contributed by atoms with van der Waals surface area (Å²) in [6.45, 7) is 5.76. The number of carboxylic acid groups (broad SMARTS) is 1. The van der Waals surface area contributed by atoms with Crippen LogP contribution in [0.2, 0.25) is 0 Å². The molecule has 3 aromatic carbocycles. The second kappa shape index (κ2) is 9.74. The molecule has 180 valence electrons. The third-order valence-corrected chi connectivity index (χ3v) is 6.21. The Morgan fingerprint density at radius 1 is 1.03 bits per heavy atom. The van der Waals surface area contributed by atoms with Crippen LogP contribution >= 0.6 is 0 Å². The summed E-state index contributed by atoms with van der Waals surface area (Å²) in [7, 11) is 1.44. The minimum Gasteiger partial charge on any atom is -0.496 e. The molecule has 0 spiro atoms. The Bertz CT molecular complexity index is 1430. The molecule has 1 aromatic heterocycles. The van der Waals surface area contributed by atoms with E-state index in [0.29, 0.717) is 33.6 Å². The summed E-state index contributed by atoms with van der Waals surface area (Å²) in [4.78, 5) is 25.0. The zero-order valence-corrected chi connectivity index (χ0v) is 20.2. The van der Waals surface area contributed by atoms with Gasteiger partial charge in [-0.25, -0.2) is 9.18 Å². The SMILES string of the molecule is CCCc1cc2oc(-c3ccc(F)cc3)c(C(=O)CC)c2cc1-c1cc(C(=O)O)c(OC)cc1C. The first kappa shape index (κ1) is 24.2. The molecule has 0 bridgehead atoms. The number of fused-ring (bicyclic) bond motifs is 1. The smallest absolute Gasteiger partial charge is 0.339 e. The van der Waals surface area contributed by atoms with Crippen LogP contribution in [-0.2, 0) is 6.42 Å². The van der Waals surface area contributed by atoms with E-state index < -0.39 is 5.97 Å². The fourth-order valence-electron chi connectivity index (χ4n) is 4.48. The Morgan fingerprint density at radius 2 is 1.74 bits per heavy atom. The molecule has 0 atom stereocenters. The highest BCUT2D eigenvalue weighted by Gasteiger charge is 2.24. The fraction of sp³-hybridized carbons (Fsp3) is 0.241. The fourth-order valence-corrected chi connectivity index (χ4v) is 4.48. The summed E-state index contributed by atoms with van der Waals surface area (Å²) < 4.78 is 25.0. The second-order valence-electron chi connectivity index (χ2n) is 8.52. The van der Waals surface area contributed by atoms with E-state index in [2.05, 4.69) is 6.92 Å². The Balaban J connectivity index is 2.05. The van der Waals surface area contributed by atoms with Crippen LogP contribution in [0.15, 0.2) is 52.9 Å². The molecule has 1 heterocycles. The number of benzene rings is 3. The molecule has 6 heteroatoms. The van der Waals surface area contributed by atoms with Gasteiger partial charge in [0, 0.05) is 17.4 Å². The molecule has 0 saturated carbocycles. The van der Waals surface area contributed by atoms with E-state index in [1.807, 2.05) is 19.1 Å². The van der Waals surface area contributed by atoms with Crippen molar-refractivity contribution in [1.29, 1.82) is 0 Å². The summed E-state index contributed by atoms with van der Waals surface area (Å²) in [6.07, 6.45) is 1.88. The molecular weight excluding hydrogens is 447 g/mol. The van der Waals surface area contributed by atoms with Crippen molar-refractivity contribution in [2.24, 2.45) is 0 Å². The summed E-state index contributed by atoms with van der Waals surface area (Å²) in [6, 6.07) is 13.1. The number of carboxylic acids is 1. The van der Waals surface area contributed by atoms with E-state index in [4.69, 9.17) is 9.15 Å². The van der Waals surface area contributed by atoms with E-state index in [-0.39, 0.29) is 23.6 Å². The molecular formula is C29H27FO5. The monoisotopic (exact) mass is 474 g/mol. The molecule has 0 fully saturated rings. The standard InChI is InChI=1S/C29H27FO5/c1-5-7-18-13-26-22(15-21(18)20-14-23(29(32)33)25(34-4)12-16(20)3)27(24(31)6-2)28(35-26)17-8-10-19(30)11-9-17/h8-15H,5-7H2,1-4H3,(H,32,33). The molecule has 1 N–H and O–H groups in total. The quantitative estimate of drug-likeness (QED) is 0.268. The van der Waals surface area contributed by atoms with Gasteiger partial charge in [0.25, 0.3) is 0 Å². The number of aryl methyl sites for hydroxylation is 2. The highest BCUT2D eigenvalue weighted by Crippen LogP contribution is 2.40. The number of aromatic carboxylic acids is 1. The Labute approximate surface area is 203 Å². The Morgan fingerprint density at radius 3 is 2.34 bits per heavy atom. The number of methoxy groups -OCH3 is 1. The zero-order valence-electron chi connectivity index (χ0n) is 20.2. The Hall–Kier alpha value is -3.93. The number of furan rings is 1. The third kappa shape index (κ3) is 4.44. The van der Waals surface area contributed by atoms with E-state index in [1.54, 1.807) is 31.2 Å². The lowest BCUT2D eigenvalue weighted by Gasteiger charge is -2.15. The highest BCUT2D eigenvalue weighted by atomic mass is 19.1. The van der Waals surface area contributed by atoms with Gasteiger partial charge in [-0.3, -0.25) is 4.79 Å². The molecule has 4 rings (SSSR count). The molecule has 0 unspecified atom stereocenters. The van der Waals surface area contributed by atoms with Gasteiger partial charge in [-0.15, -0.1) is 0 Å². The zero-order chi connectivity index (χ0) is 25.3.